The number of benzene rings is 1. The number of nitrogens with one attached hydrogen (secondary N) is 1. The summed E-state index contributed by atoms with van der Waals surface area (Å²) in [6.07, 6.45) is 1.45. The lowest BCUT2D eigenvalue weighted by Crippen LogP contribution is -2.18. The number of hydrogen-bond donors (Lipinski definition) is 2. The van der Waals surface area contributed by atoms with E-state index in [1.54, 1.807) is 0 Å². The van der Waals surface area contributed by atoms with Gasteiger partial charge < -0.3 is 5.73 Å². The molecule has 15 heavy (non-hydrogen) atoms. The van der Waals surface area contributed by atoms with Crippen molar-refractivity contribution in [1.82, 2.24) is 14.8 Å². The molecule has 5 nitrogen and oxygen atoms in total. The van der Waals surface area contributed by atoms with E-state index in [0.29, 0.717) is 0 Å². The zero-order valence-corrected chi connectivity index (χ0v) is 8.34. The van der Waals surface area contributed by atoms with Gasteiger partial charge in [-0.2, -0.15) is 5.10 Å². The maximum atomic E-state index is 11.4. The molecule has 0 spiro atoms. The molecule has 78 valence electrons. The van der Waals surface area contributed by atoms with Crippen LogP contribution in [0, 0.1) is 0 Å². The summed E-state index contributed by atoms with van der Waals surface area (Å²) in [4.78, 5) is 11.4. The predicted molar refractivity (Wildman–Crippen MR) is 56.8 cm³/mol. The van der Waals surface area contributed by atoms with Crippen LogP contribution in [-0.4, -0.2) is 14.8 Å². The maximum Gasteiger partial charge on any atom is 0.347 e. The van der Waals surface area contributed by atoms with Crippen molar-refractivity contribution in [2.75, 3.05) is 0 Å². The van der Waals surface area contributed by atoms with E-state index in [1.165, 1.54) is 10.9 Å². The molecule has 3 N–H and O–H groups in total. The fourth-order valence-electron chi connectivity index (χ4n) is 1.51. The summed E-state index contributed by atoms with van der Waals surface area (Å²) in [6.45, 7) is 1.88. The van der Waals surface area contributed by atoms with Crippen LogP contribution in [0.2, 0.25) is 0 Å². The minimum Gasteiger partial charge on any atom is -0.324 e. The Balaban J connectivity index is 2.63. The first-order chi connectivity index (χ1) is 7.20. The number of para-hydroxylation sites is 1. The van der Waals surface area contributed by atoms with E-state index in [-0.39, 0.29) is 11.7 Å². The number of hydrogen-bond acceptors (Lipinski definition) is 3. The molecule has 0 saturated carbocycles. The molecule has 0 radical (unpaired) electrons. The van der Waals surface area contributed by atoms with Crippen LogP contribution >= 0.6 is 0 Å². The molecule has 0 aliphatic heterocycles. The van der Waals surface area contributed by atoms with E-state index in [0.717, 1.165) is 11.3 Å². The lowest BCUT2D eigenvalue weighted by molar-refractivity contribution is 0.799. The molecular weight excluding hydrogens is 192 g/mol. The van der Waals surface area contributed by atoms with Crippen molar-refractivity contribution in [2.45, 2.75) is 13.0 Å². The molecule has 2 aromatic rings. The van der Waals surface area contributed by atoms with Crippen LogP contribution in [0.5, 0.6) is 0 Å². The first kappa shape index (κ1) is 9.67. The zero-order chi connectivity index (χ0) is 10.8. The molecule has 1 unspecified atom stereocenters. The van der Waals surface area contributed by atoms with Gasteiger partial charge in [-0.15, -0.1) is 0 Å². The van der Waals surface area contributed by atoms with Gasteiger partial charge in [0.1, 0.15) is 6.33 Å². The topological polar surface area (TPSA) is 76.7 Å². The van der Waals surface area contributed by atoms with Crippen LogP contribution in [0.3, 0.4) is 0 Å². The van der Waals surface area contributed by atoms with E-state index in [9.17, 15) is 4.79 Å². The first-order valence-electron chi connectivity index (χ1n) is 4.67. The molecule has 0 aliphatic carbocycles. The Hall–Kier alpha value is -1.88. The number of nitrogens with two attached hydrogens (primary N) is 1. The summed E-state index contributed by atoms with van der Waals surface area (Å²) in [5.41, 5.74) is 7.25. The van der Waals surface area contributed by atoms with Crippen molar-refractivity contribution in [3.8, 4) is 5.69 Å². The van der Waals surface area contributed by atoms with Gasteiger partial charge in [-0.25, -0.2) is 14.5 Å². The third-order valence-corrected chi connectivity index (χ3v) is 2.24. The van der Waals surface area contributed by atoms with Gasteiger partial charge in [0, 0.05) is 6.04 Å². The van der Waals surface area contributed by atoms with E-state index < -0.39 is 0 Å². The second-order valence-corrected chi connectivity index (χ2v) is 3.38. The molecule has 0 bridgehead atoms. The predicted octanol–water partition coefficient (Wildman–Crippen LogP) is 0.580. The van der Waals surface area contributed by atoms with Gasteiger partial charge in [0.15, 0.2) is 0 Å². The molecule has 1 aromatic carbocycles. The van der Waals surface area contributed by atoms with Crippen molar-refractivity contribution >= 4 is 0 Å². The van der Waals surface area contributed by atoms with Crippen molar-refractivity contribution in [1.29, 1.82) is 0 Å². The fourth-order valence-corrected chi connectivity index (χ4v) is 1.51. The fraction of sp³-hybridized carbons (Fsp3) is 0.200. The largest absolute Gasteiger partial charge is 0.347 e. The lowest BCUT2D eigenvalue weighted by Gasteiger charge is -2.11. The average Bonchev–Trinajstić information content (AvgIpc) is 2.64. The molecule has 2 rings (SSSR count). The summed E-state index contributed by atoms with van der Waals surface area (Å²) >= 11 is 0. The van der Waals surface area contributed by atoms with Crippen LogP contribution < -0.4 is 11.4 Å². The van der Waals surface area contributed by atoms with E-state index in [4.69, 9.17) is 5.73 Å². The summed E-state index contributed by atoms with van der Waals surface area (Å²) in [5, 5.41) is 6.03. The van der Waals surface area contributed by atoms with Gasteiger partial charge in [0.05, 0.1) is 5.69 Å². The Labute approximate surface area is 86.5 Å². The Bertz CT molecular complexity index is 512. The van der Waals surface area contributed by atoms with Gasteiger partial charge in [-0.1, -0.05) is 18.2 Å². The number of aromatic nitrogens is 3. The molecule has 5 heteroatoms. The smallest absolute Gasteiger partial charge is 0.324 e. The Kier molecular flexibility index (Phi) is 2.39. The zero-order valence-electron chi connectivity index (χ0n) is 8.34. The second-order valence-electron chi connectivity index (χ2n) is 3.38. The monoisotopic (exact) mass is 204 g/mol. The normalized spacial score (nSPS) is 12.7. The number of aromatic amines is 1. The number of H-pyrrole nitrogens is 1. The highest BCUT2D eigenvalue weighted by Gasteiger charge is 2.09. The molecular formula is C10H12N4O. The van der Waals surface area contributed by atoms with E-state index >= 15 is 0 Å². The molecule has 0 saturated heterocycles. The maximum absolute atomic E-state index is 11.4. The van der Waals surface area contributed by atoms with Crippen LogP contribution in [0.4, 0.5) is 0 Å². The van der Waals surface area contributed by atoms with Gasteiger partial charge in [0.25, 0.3) is 0 Å². The van der Waals surface area contributed by atoms with Crippen LogP contribution in [-0.2, 0) is 0 Å². The van der Waals surface area contributed by atoms with Gasteiger partial charge in [0.2, 0.25) is 0 Å². The van der Waals surface area contributed by atoms with E-state index in [1.807, 2.05) is 31.2 Å². The minimum absolute atomic E-state index is 0.122. The van der Waals surface area contributed by atoms with Crippen molar-refractivity contribution < 1.29 is 0 Å². The second kappa shape index (κ2) is 3.70. The summed E-state index contributed by atoms with van der Waals surface area (Å²) in [6, 6.07) is 7.38. The minimum atomic E-state index is -0.261. The Morgan fingerprint density at radius 2 is 2.20 bits per heavy atom. The van der Waals surface area contributed by atoms with Gasteiger partial charge in [-0.3, -0.25) is 0 Å². The Morgan fingerprint density at radius 1 is 1.47 bits per heavy atom. The third-order valence-electron chi connectivity index (χ3n) is 2.24. The summed E-state index contributed by atoms with van der Waals surface area (Å²) in [5.74, 6) is 0. The molecule has 0 fully saturated rings. The van der Waals surface area contributed by atoms with Crippen molar-refractivity contribution in [3.05, 3.63) is 46.6 Å². The van der Waals surface area contributed by atoms with Gasteiger partial charge >= 0.3 is 5.69 Å². The molecule has 0 amide bonds. The highest BCUT2D eigenvalue weighted by atomic mass is 16.1. The van der Waals surface area contributed by atoms with Crippen LogP contribution in [0.25, 0.3) is 5.69 Å². The molecule has 1 heterocycles. The van der Waals surface area contributed by atoms with E-state index in [2.05, 4.69) is 10.2 Å². The van der Waals surface area contributed by atoms with Crippen LogP contribution in [0.15, 0.2) is 35.4 Å². The summed E-state index contributed by atoms with van der Waals surface area (Å²) < 4.78 is 1.44. The highest BCUT2D eigenvalue weighted by molar-refractivity contribution is 5.42. The van der Waals surface area contributed by atoms with Crippen molar-refractivity contribution in [3.63, 3.8) is 0 Å². The van der Waals surface area contributed by atoms with Crippen LogP contribution in [0.1, 0.15) is 18.5 Å². The van der Waals surface area contributed by atoms with Gasteiger partial charge in [-0.05, 0) is 18.6 Å². The first-order valence-corrected chi connectivity index (χ1v) is 4.67. The highest BCUT2D eigenvalue weighted by Crippen LogP contribution is 2.17. The molecule has 1 aromatic heterocycles. The SMILES string of the molecule is CC(N)c1ccccc1-n1cn[nH]c1=O. The average molecular weight is 204 g/mol. The number of nitrogens with zero attached hydrogens (tertiary/aromatic N) is 2. The summed E-state index contributed by atoms with van der Waals surface area (Å²) in [7, 11) is 0. The molecule has 0 aliphatic rings. The van der Waals surface area contributed by atoms with Crippen molar-refractivity contribution in [2.24, 2.45) is 5.73 Å². The quantitative estimate of drug-likeness (QED) is 0.751. The standard InChI is InChI=1S/C10H12N4O/c1-7(11)8-4-2-3-5-9(8)14-6-12-13-10(14)15/h2-7H,11H2,1H3,(H,13,15). The molecule has 1 atom stereocenters. The number of rotatable bonds is 2. The lowest BCUT2D eigenvalue weighted by atomic mass is 10.1. The third kappa shape index (κ3) is 1.69. The Morgan fingerprint density at radius 3 is 2.80 bits per heavy atom.